The van der Waals surface area contributed by atoms with Gasteiger partial charge in [0.25, 0.3) is 11.8 Å². The fourth-order valence-corrected chi connectivity index (χ4v) is 4.01. The molecule has 1 saturated heterocycles. The predicted molar refractivity (Wildman–Crippen MR) is 142 cm³/mol. The summed E-state index contributed by atoms with van der Waals surface area (Å²) in [6.45, 7) is 3.83. The molecule has 1 aliphatic heterocycles. The smallest absolute Gasteiger partial charge is 0.343 e. The number of imide groups is 2. The largest absolute Gasteiger partial charge is 0.493 e. The molecule has 1 fully saturated rings. The van der Waals surface area contributed by atoms with E-state index in [0.717, 1.165) is 9.80 Å². The number of carbonyl (C=O) groups is 3. The minimum atomic E-state index is -0.757. The molecule has 0 spiro atoms. The van der Waals surface area contributed by atoms with E-state index in [9.17, 15) is 14.4 Å². The molecule has 3 aromatic carbocycles. The van der Waals surface area contributed by atoms with Crippen LogP contribution in [0, 0.1) is 12.3 Å². The number of hydrogen-bond donors (Lipinski definition) is 0. The van der Waals surface area contributed by atoms with Crippen LogP contribution in [0.2, 0.25) is 0 Å². The standard InChI is InChI=1S/C30H24N2O5/c1-4-12-22-18-21(20-26(36-3)27(22)37-17-5-2)19-25-28(33)31(23-13-8-6-9-14-23)30(35)32(29(25)34)24-15-10-7-11-16-24/h2,4,6-11,13-16,18-20H,1,12,17H2,3H3. The topological polar surface area (TPSA) is 76.2 Å². The van der Waals surface area contributed by atoms with E-state index in [2.05, 4.69) is 12.5 Å². The fourth-order valence-electron chi connectivity index (χ4n) is 4.01. The Hall–Kier alpha value is -5.09. The molecule has 37 heavy (non-hydrogen) atoms. The van der Waals surface area contributed by atoms with Crippen molar-refractivity contribution in [3.05, 3.63) is 102 Å². The van der Waals surface area contributed by atoms with Gasteiger partial charge in [-0.3, -0.25) is 9.59 Å². The van der Waals surface area contributed by atoms with Gasteiger partial charge in [0.05, 0.1) is 18.5 Å². The number of terminal acetylenes is 1. The van der Waals surface area contributed by atoms with E-state index in [0.29, 0.717) is 40.4 Å². The van der Waals surface area contributed by atoms with E-state index in [-0.39, 0.29) is 12.2 Å². The molecule has 3 aromatic rings. The lowest BCUT2D eigenvalue weighted by atomic mass is 10.0. The number of ether oxygens (including phenoxy) is 2. The Morgan fingerprint density at radius 1 is 0.919 bits per heavy atom. The van der Waals surface area contributed by atoms with Crippen molar-refractivity contribution in [3.63, 3.8) is 0 Å². The van der Waals surface area contributed by atoms with Gasteiger partial charge in [-0.15, -0.1) is 13.0 Å². The zero-order valence-corrected chi connectivity index (χ0v) is 20.2. The van der Waals surface area contributed by atoms with E-state index in [1.54, 1.807) is 78.9 Å². The molecule has 0 atom stereocenters. The summed E-state index contributed by atoms with van der Waals surface area (Å²) in [5.74, 6) is 1.80. The first kappa shape index (κ1) is 25.0. The highest BCUT2D eigenvalue weighted by Gasteiger charge is 2.43. The van der Waals surface area contributed by atoms with Crippen LogP contribution in [-0.4, -0.2) is 31.6 Å². The van der Waals surface area contributed by atoms with Gasteiger partial charge in [-0.25, -0.2) is 14.6 Å². The number of benzene rings is 3. The lowest BCUT2D eigenvalue weighted by Crippen LogP contribution is -2.57. The molecule has 1 aliphatic rings. The first-order valence-electron chi connectivity index (χ1n) is 11.4. The van der Waals surface area contributed by atoms with E-state index < -0.39 is 17.8 Å². The Labute approximate surface area is 215 Å². The van der Waals surface area contributed by atoms with Gasteiger partial charge in [-0.2, -0.15) is 0 Å². The van der Waals surface area contributed by atoms with E-state index in [1.807, 2.05) is 0 Å². The van der Waals surface area contributed by atoms with Gasteiger partial charge in [0, 0.05) is 5.56 Å². The van der Waals surface area contributed by atoms with Crippen LogP contribution in [0.1, 0.15) is 11.1 Å². The number of para-hydroxylation sites is 2. The summed E-state index contributed by atoms with van der Waals surface area (Å²) in [4.78, 5) is 42.6. The van der Waals surface area contributed by atoms with Crippen molar-refractivity contribution in [2.45, 2.75) is 6.42 Å². The number of allylic oxidation sites excluding steroid dienone is 1. The van der Waals surface area contributed by atoms with Crippen molar-refractivity contribution in [2.24, 2.45) is 0 Å². The molecule has 0 aliphatic carbocycles. The molecule has 7 nitrogen and oxygen atoms in total. The summed E-state index contributed by atoms with van der Waals surface area (Å²) in [7, 11) is 1.48. The third-order valence-corrected chi connectivity index (χ3v) is 5.63. The number of methoxy groups -OCH3 is 1. The minimum absolute atomic E-state index is 0.0398. The van der Waals surface area contributed by atoms with Crippen molar-refractivity contribution < 1.29 is 23.9 Å². The van der Waals surface area contributed by atoms with Gasteiger partial charge in [-0.05, 0) is 54.5 Å². The summed E-state index contributed by atoms with van der Waals surface area (Å²) >= 11 is 0. The summed E-state index contributed by atoms with van der Waals surface area (Å²) in [5.41, 5.74) is 1.73. The number of urea groups is 1. The highest BCUT2D eigenvalue weighted by molar-refractivity contribution is 6.46. The van der Waals surface area contributed by atoms with Crippen molar-refractivity contribution in [1.29, 1.82) is 0 Å². The molecule has 0 saturated carbocycles. The maximum absolute atomic E-state index is 13.6. The van der Waals surface area contributed by atoms with E-state index >= 15 is 0 Å². The third kappa shape index (κ3) is 5.00. The van der Waals surface area contributed by atoms with Gasteiger partial charge < -0.3 is 9.47 Å². The van der Waals surface area contributed by atoms with Crippen LogP contribution < -0.4 is 19.3 Å². The van der Waals surface area contributed by atoms with Gasteiger partial charge in [0.2, 0.25) is 0 Å². The number of amides is 4. The normalized spacial score (nSPS) is 13.3. The molecule has 0 aromatic heterocycles. The number of anilines is 2. The number of carbonyl (C=O) groups excluding carboxylic acids is 3. The van der Waals surface area contributed by atoms with Crippen LogP contribution in [0.3, 0.4) is 0 Å². The molecular formula is C30H24N2O5. The van der Waals surface area contributed by atoms with Gasteiger partial charge >= 0.3 is 6.03 Å². The second kappa shape index (κ2) is 11.1. The fraction of sp³-hybridized carbons (Fsp3) is 0.100. The molecule has 4 rings (SSSR count). The van der Waals surface area contributed by atoms with Gasteiger partial charge in [0.15, 0.2) is 11.5 Å². The molecule has 0 radical (unpaired) electrons. The Morgan fingerprint density at radius 3 is 1.97 bits per heavy atom. The number of rotatable bonds is 8. The van der Waals surface area contributed by atoms with Crippen molar-refractivity contribution in [1.82, 2.24) is 0 Å². The zero-order valence-electron chi connectivity index (χ0n) is 20.2. The lowest BCUT2D eigenvalue weighted by molar-refractivity contribution is -0.121. The average Bonchev–Trinajstić information content (AvgIpc) is 2.91. The second-order valence-corrected chi connectivity index (χ2v) is 7.99. The molecule has 7 heteroatoms. The van der Waals surface area contributed by atoms with E-state index in [1.165, 1.54) is 13.2 Å². The molecule has 4 amide bonds. The summed E-state index contributed by atoms with van der Waals surface area (Å²) in [5, 5.41) is 0. The molecule has 0 N–H and O–H groups in total. The van der Waals surface area contributed by atoms with Crippen LogP contribution in [-0.2, 0) is 16.0 Å². The van der Waals surface area contributed by atoms with Crippen LogP contribution in [0.25, 0.3) is 6.08 Å². The Kier molecular flexibility index (Phi) is 7.51. The summed E-state index contributed by atoms with van der Waals surface area (Å²) in [6.07, 6.45) is 8.92. The average molecular weight is 493 g/mol. The SMILES string of the molecule is C#CCOc1c(CC=C)cc(C=C2C(=O)N(c3ccccc3)C(=O)N(c3ccccc3)C2=O)cc1OC. The summed E-state index contributed by atoms with van der Waals surface area (Å²) < 4.78 is 11.2. The van der Waals surface area contributed by atoms with Crippen molar-refractivity contribution >= 4 is 35.3 Å². The lowest BCUT2D eigenvalue weighted by Gasteiger charge is -2.34. The second-order valence-electron chi connectivity index (χ2n) is 7.99. The number of barbiturate groups is 1. The monoisotopic (exact) mass is 492 g/mol. The van der Waals surface area contributed by atoms with Crippen molar-refractivity contribution in [3.8, 4) is 23.8 Å². The zero-order chi connectivity index (χ0) is 26.4. The Bertz CT molecular complexity index is 1360. The predicted octanol–water partition coefficient (Wildman–Crippen LogP) is 5.02. The Balaban J connectivity index is 1.87. The highest BCUT2D eigenvalue weighted by atomic mass is 16.5. The first-order chi connectivity index (χ1) is 18.0. The van der Waals surface area contributed by atoms with Gasteiger partial charge in [-0.1, -0.05) is 48.4 Å². The highest BCUT2D eigenvalue weighted by Crippen LogP contribution is 2.35. The van der Waals surface area contributed by atoms with Crippen LogP contribution in [0.4, 0.5) is 16.2 Å². The van der Waals surface area contributed by atoms with Crippen LogP contribution in [0.5, 0.6) is 11.5 Å². The minimum Gasteiger partial charge on any atom is -0.493 e. The summed E-state index contributed by atoms with van der Waals surface area (Å²) in [6, 6.07) is 19.6. The maximum Gasteiger partial charge on any atom is 0.343 e. The van der Waals surface area contributed by atoms with Crippen molar-refractivity contribution in [2.75, 3.05) is 23.5 Å². The molecular weight excluding hydrogens is 468 g/mol. The van der Waals surface area contributed by atoms with Crippen LogP contribution >= 0.6 is 0 Å². The Morgan fingerprint density at radius 2 is 1.49 bits per heavy atom. The van der Waals surface area contributed by atoms with Crippen LogP contribution in [0.15, 0.2) is 91.0 Å². The quantitative estimate of drug-likeness (QED) is 0.191. The number of hydrogen-bond acceptors (Lipinski definition) is 5. The molecule has 0 bridgehead atoms. The number of nitrogens with zero attached hydrogens (tertiary/aromatic N) is 2. The molecule has 1 heterocycles. The third-order valence-electron chi connectivity index (χ3n) is 5.63. The van der Waals surface area contributed by atoms with E-state index in [4.69, 9.17) is 15.9 Å². The van der Waals surface area contributed by atoms with Gasteiger partial charge in [0.1, 0.15) is 12.2 Å². The molecule has 0 unspecified atom stereocenters. The maximum atomic E-state index is 13.6. The molecule has 184 valence electrons. The first-order valence-corrected chi connectivity index (χ1v) is 11.4.